The first-order chi connectivity index (χ1) is 7.70. The van der Waals surface area contributed by atoms with Crippen molar-refractivity contribution in [1.82, 2.24) is 0 Å². The molecule has 1 heteroatoms. The van der Waals surface area contributed by atoms with Crippen molar-refractivity contribution >= 4 is 0 Å². The summed E-state index contributed by atoms with van der Waals surface area (Å²) < 4.78 is 0. The van der Waals surface area contributed by atoms with Crippen LogP contribution >= 0.6 is 0 Å². The van der Waals surface area contributed by atoms with Crippen LogP contribution in [0.5, 0.6) is 0 Å². The smallest absolute Gasteiger partial charge is 0.0157 e. The highest BCUT2D eigenvalue weighted by Crippen LogP contribution is 2.32. The Hall–Kier alpha value is -0.0400. The van der Waals surface area contributed by atoms with Gasteiger partial charge in [-0.05, 0) is 25.2 Å². The predicted octanol–water partition coefficient (Wildman–Crippen LogP) is 4.64. The molecule has 1 aliphatic carbocycles. The summed E-state index contributed by atoms with van der Waals surface area (Å²) in [5, 5.41) is 0. The molecule has 1 aliphatic rings. The lowest BCUT2D eigenvalue weighted by Gasteiger charge is -2.32. The zero-order valence-electron chi connectivity index (χ0n) is 11.4. The zero-order chi connectivity index (χ0) is 11.9. The molecular formula is C15H31N. The van der Waals surface area contributed by atoms with E-state index >= 15 is 0 Å². The Bertz CT molecular complexity index is 168. The van der Waals surface area contributed by atoms with Gasteiger partial charge in [-0.15, -0.1) is 0 Å². The molecule has 96 valence electrons. The van der Waals surface area contributed by atoms with Gasteiger partial charge < -0.3 is 5.73 Å². The maximum atomic E-state index is 6.61. The molecule has 1 saturated carbocycles. The minimum atomic E-state index is 0.185. The summed E-state index contributed by atoms with van der Waals surface area (Å²) >= 11 is 0. The van der Waals surface area contributed by atoms with Crippen molar-refractivity contribution in [3.63, 3.8) is 0 Å². The van der Waals surface area contributed by atoms with Crippen LogP contribution in [0.4, 0.5) is 0 Å². The third-order valence-electron chi connectivity index (χ3n) is 4.34. The van der Waals surface area contributed by atoms with Crippen LogP contribution in [0, 0.1) is 5.92 Å². The molecule has 0 aromatic heterocycles. The second kappa shape index (κ2) is 7.32. The monoisotopic (exact) mass is 225 g/mol. The molecular weight excluding hydrogens is 194 g/mol. The highest BCUT2D eigenvalue weighted by atomic mass is 14.7. The van der Waals surface area contributed by atoms with Gasteiger partial charge in [-0.1, -0.05) is 65.2 Å². The lowest BCUT2D eigenvalue weighted by molar-refractivity contribution is 0.265. The van der Waals surface area contributed by atoms with E-state index in [0.717, 1.165) is 5.92 Å². The Morgan fingerprint density at radius 2 is 1.69 bits per heavy atom. The van der Waals surface area contributed by atoms with Crippen LogP contribution in [0.15, 0.2) is 0 Å². The largest absolute Gasteiger partial charge is 0.325 e. The Balaban J connectivity index is 2.40. The first-order valence-electron chi connectivity index (χ1n) is 7.49. The Kier molecular flexibility index (Phi) is 6.41. The Morgan fingerprint density at radius 1 is 1.06 bits per heavy atom. The van der Waals surface area contributed by atoms with Crippen LogP contribution in [0.1, 0.15) is 84.5 Å². The second-order valence-corrected chi connectivity index (χ2v) is 5.90. The van der Waals surface area contributed by atoms with Crippen LogP contribution in [0.25, 0.3) is 0 Å². The summed E-state index contributed by atoms with van der Waals surface area (Å²) in [7, 11) is 0. The van der Waals surface area contributed by atoms with Crippen molar-refractivity contribution in [3.8, 4) is 0 Å². The molecule has 1 atom stereocenters. The van der Waals surface area contributed by atoms with Gasteiger partial charge in [-0.2, -0.15) is 0 Å². The molecule has 1 nitrogen and oxygen atoms in total. The summed E-state index contributed by atoms with van der Waals surface area (Å²) in [6, 6.07) is 0. The van der Waals surface area contributed by atoms with E-state index < -0.39 is 0 Å². The lowest BCUT2D eigenvalue weighted by Crippen LogP contribution is -2.41. The van der Waals surface area contributed by atoms with Crippen LogP contribution in [0.3, 0.4) is 0 Å². The minimum Gasteiger partial charge on any atom is -0.325 e. The molecule has 16 heavy (non-hydrogen) atoms. The molecule has 0 bridgehead atoms. The molecule has 0 heterocycles. The van der Waals surface area contributed by atoms with E-state index in [1.165, 1.54) is 70.6 Å². The summed E-state index contributed by atoms with van der Waals surface area (Å²) in [6.07, 6.45) is 14.8. The van der Waals surface area contributed by atoms with Gasteiger partial charge in [0.1, 0.15) is 0 Å². The molecule has 0 radical (unpaired) electrons. The van der Waals surface area contributed by atoms with Gasteiger partial charge in [0.2, 0.25) is 0 Å². The van der Waals surface area contributed by atoms with E-state index in [-0.39, 0.29) is 5.54 Å². The van der Waals surface area contributed by atoms with Gasteiger partial charge in [0.15, 0.2) is 0 Å². The molecule has 1 fully saturated rings. The molecule has 0 spiro atoms. The van der Waals surface area contributed by atoms with E-state index in [2.05, 4.69) is 13.8 Å². The minimum absolute atomic E-state index is 0.185. The average molecular weight is 225 g/mol. The van der Waals surface area contributed by atoms with E-state index in [1.54, 1.807) is 0 Å². The van der Waals surface area contributed by atoms with Crippen molar-refractivity contribution in [3.05, 3.63) is 0 Å². The van der Waals surface area contributed by atoms with Crippen molar-refractivity contribution in [2.75, 3.05) is 0 Å². The van der Waals surface area contributed by atoms with E-state index in [4.69, 9.17) is 5.73 Å². The zero-order valence-corrected chi connectivity index (χ0v) is 11.4. The van der Waals surface area contributed by atoms with Gasteiger partial charge in [-0.25, -0.2) is 0 Å². The topological polar surface area (TPSA) is 26.0 Å². The molecule has 2 N–H and O–H groups in total. The fraction of sp³-hybridized carbons (Fsp3) is 1.00. The highest BCUT2D eigenvalue weighted by Gasteiger charge is 2.28. The van der Waals surface area contributed by atoms with Gasteiger partial charge in [0, 0.05) is 5.54 Å². The van der Waals surface area contributed by atoms with Gasteiger partial charge in [0.25, 0.3) is 0 Å². The number of rotatable bonds is 6. The predicted molar refractivity (Wildman–Crippen MR) is 72.5 cm³/mol. The second-order valence-electron chi connectivity index (χ2n) is 5.90. The van der Waals surface area contributed by atoms with Crippen LogP contribution in [0.2, 0.25) is 0 Å². The van der Waals surface area contributed by atoms with Gasteiger partial charge >= 0.3 is 0 Å². The van der Waals surface area contributed by atoms with Crippen molar-refractivity contribution < 1.29 is 0 Å². The van der Waals surface area contributed by atoms with E-state index in [0.29, 0.717) is 0 Å². The van der Waals surface area contributed by atoms with Crippen molar-refractivity contribution in [2.24, 2.45) is 11.7 Å². The molecule has 0 aromatic rings. The maximum absolute atomic E-state index is 6.61. The summed E-state index contributed by atoms with van der Waals surface area (Å²) in [6.45, 7) is 4.62. The fourth-order valence-electron chi connectivity index (χ4n) is 3.16. The molecule has 0 aliphatic heterocycles. The van der Waals surface area contributed by atoms with Crippen molar-refractivity contribution in [2.45, 2.75) is 90.0 Å². The summed E-state index contributed by atoms with van der Waals surface area (Å²) in [5.74, 6) is 0.878. The third-order valence-corrected chi connectivity index (χ3v) is 4.34. The van der Waals surface area contributed by atoms with Crippen molar-refractivity contribution in [1.29, 1.82) is 0 Å². The SMILES string of the molecule is CCCCC(CC)CC1(N)CCCCCC1. The van der Waals surface area contributed by atoms with Crippen LogP contribution in [-0.4, -0.2) is 5.54 Å². The molecule has 0 amide bonds. The van der Waals surface area contributed by atoms with E-state index in [9.17, 15) is 0 Å². The number of hydrogen-bond acceptors (Lipinski definition) is 1. The van der Waals surface area contributed by atoms with E-state index in [1.807, 2.05) is 0 Å². The van der Waals surface area contributed by atoms with Gasteiger partial charge in [-0.3, -0.25) is 0 Å². The third kappa shape index (κ3) is 4.86. The molecule has 0 aromatic carbocycles. The summed E-state index contributed by atoms with van der Waals surface area (Å²) in [4.78, 5) is 0. The van der Waals surface area contributed by atoms with Gasteiger partial charge in [0.05, 0.1) is 0 Å². The standard InChI is InChI=1S/C15H31N/c1-3-5-10-14(4-2)13-15(16)11-8-6-7-9-12-15/h14H,3-13,16H2,1-2H3. The Morgan fingerprint density at radius 3 is 2.19 bits per heavy atom. The lowest BCUT2D eigenvalue weighted by atomic mass is 9.79. The number of nitrogens with two attached hydrogens (primary N) is 1. The maximum Gasteiger partial charge on any atom is 0.0157 e. The van der Waals surface area contributed by atoms with Crippen LogP contribution < -0.4 is 5.73 Å². The molecule has 1 unspecified atom stereocenters. The first-order valence-corrected chi connectivity index (χ1v) is 7.49. The summed E-state index contributed by atoms with van der Waals surface area (Å²) in [5.41, 5.74) is 6.79. The molecule has 1 rings (SSSR count). The fourth-order valence-corrected chi connectivity index (χ4v) is 3.16. The quantitative estimate of drug-likeness (QED) is 0.654. The highest BCUT2D eigenvalue weighted by molar-refractivity contribution is 4.88. The number of hydrogen-bond donors (Lipinski definition) is 1. The normalized spacial score (nSPS) is 22.7. The van der Waals surface area contributed by atoms with Crippen LogP contribution in [-0.2, 0) is 0 Å². The molecule has 0 saturated heterocycles. The Labute approximate surface area is 102 Å². The average Bonchev–Trinajstić information content (AvgIpc) is 2.49. The number of unbranched alkanes of at least 4 members (excludes halogenated alkanes) is 1. The first kappa shape index (κ1) is 14.0.